The first-order valence-corrected chi connectivity index (χ1v) is 15.1. The summed E-state index contributed by atoms with van der Waals surface area (Å²) in [5.74, 6) is 0.638. The van der Waals surface area contributed by atoms with Crippen molar-refractivity contribution < 1.29 is 14.6 Å². The second kappa shape index (κ2) is 12.4. The topological polar surface area (TPSA) is 95.4 Å². The highest BCUT2D eigenvalue weighted by Crippen LogP contribution is 2.29. The number of aliphatic hydroxyl groups is 1. The average molecular weight is 586 g/mol. The molecule has 0 spiro atoms. The molecule has 8 heteroatoms. The van der Waals surface area contributed by atoms with Gasteiger partial charge in [-0.05, 0) is 45.7 Å². The predicted octanol–water partition coefficient (Wildman–Crippen LogP) is 5.58. The number of fused-ring (bicyclic) bond motifs is 3. The average Bonchev–Trinajstić information content (AvgIpc) is 3.64. The summed E-state index contributed by atoms with van der Waals surface area (Å²) < 4.78 is 7.91. The van der Waals surface area contributed by atoms with E-state index in [1.54, 1.807) is 0 Å². The predicted molar refractivity (Wildman–Crippen MR) is 171 cm³/mol. The van der Waals surface area contributed by atoms with Crippen molar-refractivity contribution in [1.29, 1.82) is 0 Å². The highest BCUT2D eigenvalue weighted by molar-refractivity contribution is 5.94. The molecule has 3 N–H and O–H groups in total. The lowest BCUT2D eigenvalue weighted by atomic mass is 10.0. The van der Waals surface area contributed by atoms with Crippen molar-refractivity contribution in [3.05, 3.63) is 131 Å². The number of amides is 1. The molecular formula is C36H35N5O3. The molecule has 4 aromatic carbocycles. The first-order valence-electron chi connectivity index (χ1n) is 15.1. The number of carbonyl (C=O) groups is 1. The molecule has 0 saturated carbocycles. The van der Waals surface area contributed by atoms with Crippen molar-refractivity contribution in [2.45, 2.75) is 39.2 Å². The van der Waals surface area contributed by atoms with Gasteiger partial charge in [-0.25, -0.2) is 0 Å². The lowest BCUT2D eigenvalue weighted by Gasteiger charge is -2.27. The van der Waals surface area contributed by atoms with Gasteiger partial charge >= 0.3 is 0 Å². The van der Waals surface area contributed by atoms with Crippen LogP contribution in [-0.4, -0.2) is 43.8 Å². The van der Waals surface area contributed by atoms with Crippen molar-refractivity contribution in [2.24, 2.45) is 0 Å². The molecule has 0 radical (unpaired) electrons. The number of hydrogen-bond donors (Lipinski definition) is 3. The minimum Gasteiger partial charge on any atom is -0.489 e. The molecular weight excluding hydrogens is 550 g/mol. The fraction of sp³-hybridized carbons (Fsp3) is 0.222. The van der Waals surface area contributed by atoms with Crippen LogP contribution in [0.3, 0.4) is 0 Å². The smallest absolute Gasteiger partial charge is 0.272 e. The molecule has 0 atom stereocenters. The van der Waals surface area contributed by atoms with E-state index in [9.17, 15) is 9.90 Å². The zero-order valence-electron chi connectivity index (χ0n) is 24.5. The summed E-state index contributed by atoms with van der Waals surface area (Å²) in [5.41, 5.74) is 6.84. The third-order valence-corrected chi connectivity index (χ3v) is 8.44. The molecule has 44 heavy (non-hydrogen) atoms. The Bertz CT molecular complexity index is 1920. The quantitative estimate of drug-likeness (QED) is 0.195. The number of nitrogens with one attached hydrogen (secondary N) is 2. The Morgan fingerprint density at radius 3 is 2.68 bits per heavy atom. The van der Waals surface area contributed by atoms with Crippen LogP contribution in [0.4, 0.5) is 0 Å². The van der Waals surface area contributed by atoms with Crippen LogP contribution in [0.15, 0.2) is 97.2 Å². The summed E-state index contributed by atoms with van der Waals surface area (Å²) >= 11 is 0. The van der Waals surface area contributed by atoms with E-state index in [1.807, 2.05) is 53.2 Å². The Kier molecular flexibility index (Phi) is 7.83. The second-order valence-electron chi connectivity index (χ2n) is 11.3. The van der Waals surface area contributed by atoms with Gasteiger partial charge in [0.2, 0.25) is 0 Å². The van der Waals surface area contributed by atoms with E-state index < -0.39 is 0 Å². The Balaban J connectivity index is 1.08. The standard InChI is InChI=1S/C36H35N5O3/c42-18-17-41-34-15-16-40(22-28-21-37-33-14-13-29(19-31(28)33)44-24-25-7-2-1-3-8-25)23-32(34)35(39-41)36(43)38-20-27-11-6-10-26-9-4-5-12-30(26)27/h1-14,19,21,37,42H,15-18,20,22-24H2,(H,38,43). The fourth-order valence-electron chi connectivity index (χ4n) is 6.21. The first-order chi connectivity index (χ1) is 21.7. The molecule has 1 aliphatic heterocycles. The molecule has 0 fully saturated rings. The summed E-state index contributed by atoms with van der Waals surface area (Å²) in [5, 5.41) is 20.9. The van der Waals surface area contributed by atoms with Crippen molar-refractivity contribution >= 4 is 27.6 Å². The number of aliphatic hydroxyl groups excluding tert-OH is 1. The Morgan fingerprint density at radius 1 is 0.955 bits per heavy atom. The number of carbonyl (C=O) groups excluding carboxylic acids is 1. The van der Waals surface area contributed by atoms with Gasteiger partial charge in [-0.1, -0.05) is 72.8 Å². The minimum atomic E-state index is -0.194. The molecule has 0 saturated heterocycles. The van der Waals surface area contributed by atoms with Crippen molar-refractivity contribution in [3.8, 4) is 5.75 Å². The molecule has 8 nitrogen and oxygen atoms in total. The van der Waals surface area contributed by atoms with E-state index in [4.69, 9.17) is 4.74 Å². The Labute approximate surface area is 255 Å². The van der Waals surface area contributed by atoms with Crippen LogP contribution in [0.1, 0.15) is 38.4 Å². The van der Waals surface area contributed by atoms with Crippen LogP contribution < -0.4 is 10.1 Å². The lowest BCUT2D eigenvalue weighted by molar-refractivity contribution is 0.0942. The molecule has 1 aliphatic rings. The molecule has 3 heterocycles. The third-order valence-electron chi connectivity index (χ3n) is 8.44. The van der Waals surface area contributed by atoms with Crippen molar-refractivity contribution in [3.63, 3.8) is 0 Å². The van der Waals surface area contributed by atoms with Gasteiger partial charge in [0.15, 0.2) is 5.69 Å². The first kappa shape index (κ1) is 27.9. The van der Waals surface area contributed by atoms with Crippen LogP contribution >= 0.6 is 0 Å². The van der Waals surface area contributed by atoms with E-state index in [-0.39, 0.29) is 12.5 Å². The molecule has 0 bridgehead atoms. The third kappa shape index (κ3) is 5.69. The largest absolute Gasteiger partial charge is 0.489 e. The van der Waals surface area contributed by atoms with Crippen molar-refractivity contribution in [2.75, 3.05) is 13.2 Å². The number of H-pyrrole nitrogens is 1. The zero-order valence-corrected chi connectivity index (χ0v) is 24.5. The molecule has 2 aromatic heterocycles. The van der Waals surface area contributed by atoms with Gasteiger partial charge in [0.05, 0.1) is 13.2 Å². The number of hydrogen-bond acceptors (Lipinski definition) is 5. The molecule has 0 aliphatic carbocycles. The van der Waals surface area contributed by atoms with E-state index in [2.05, 4.69) is 69.0 Å². The molecule has 222 valence electrons. The van der Waals surface area contributed by atoms with E-state index in [0.29, 0.717) is 31.9 Å². The number of rotatable bonds is 10. The summed E-state index contributed by atoms with van der Waals surface area (Å²) in [7, 11) is 0. The molecule has 7 rings (SSSR count). The SMILES string of the molecule is O=C(NCc1cccc2ccccc12)c1nn(CCO)c2c1CN(Cc1c[nH]c3ccc(OCc4ccccc4)cc13)CC2. The van der Waals surface area contributed by atoms with Gasteiger partial charge in [-0.3, -0.25) is 14.4 Å². The van der Waals surface area contributed by atoms with Gasteiger partial charge in [0, 0.05) is 61.0 Å². The second-order valence-corrected chi connectivity index (χ2v) is 11.3. The number of nitrogens with zero attached hydrogens (tertiary/aromatic N) is 3. The molecule has 0 unspecified atom stereocenters. The van der Waals surface area contributed by atoms with Crippen LogP contribution in [-0.2, 0) is 39.2 Å². The maximum Gasteiger partial charge on any atom is 0.272 e. The highest BCUT2D eigenvalue weighted by atomic mass is 16.5. The maximum atomic E-state index is 13.6. The minimum absolute atomic E-state index is 0.0289. The van der Waals surface area contributed by atoms with Crippen LogP contribution in [0.2, 0.25) is 0 Å². The van der Waals surface area contributed by atoms with Gasteiger partial charge in [0.1, 0.15) is 12.4 Å². The van der Waals surface area contributed by atoms with Gasteiger partial charge in [0.25, 0.3) is 5.91 Å². The zero-order chi connectivity index (χ0) is 29.9. The van der Waals surface area contributed by atoms with E-state index in [0.717, 1.165) is 69.3 Å². The van der Waals surface area contributed by atoms with Gasteiger partial charge in [-0.15, -0.1) is 0 Å². The van der Waals surface area contributed by atoms with E-state index >= 15 is 0 Å². The Hall–Kier alpha value is -4.92. The maximum absolute atomic E-state index is 13.6. The highest BCUT2D eigenvalue weighted by Gasteiger charge is 2.28. The number of benzene rings is 4. The lowest BCUT2D eigenvalue weighted by Crippen LogP contribution is -2.32. The fourth-order valence-corrected chi connectivity index (χ4v) is 6.21. The summed E-state index contributed by atoms with van der Waals surface area (Å²) in [6.07, 6.45) is 2.82. The van der Waals surface area contributed by atoms with Crippen LogP contribution in [0.5, 0.6) is 5.75 Å². The van der Waals surface area contributed by atoms with E-state index in [1.165, 1.54) is 5.56 Å². The van der Waals surface area contributed by atoms with Crippen LogP contribution in [0, 0.1) is 0 Å². The van der Waals surface area contributed by atoms with Gasteiger partial charge < -0.3 is 20.1 Å². The Morgan fingerprint density at radius 2 is 1.80 bits per heavy atom. The van der Waals surface area contributed by atoms with Crippen molar-refractivity contribution in [1.82, 2.24) is 25.0 Å². The number of ether oxygens (including phenoxy) is 1. The van der Waals surface area contributed by atoms with Gasteiger partial charge in [-0.2, -0.15) is 5.10 Å². The summed E-state index contributed by atoms with van der Waals surface area (Å²) in [6.45, 7) is 3.43. The molecule has 1 amide bonds. The molecule has 6 aromatic rings. The number of aromatic amines is 1. The summed E-state index contributed by atoms with van der Waals surface area (Å²) in [4.78, 5) is 19.3. The van der Waals surface area contributed by atoms with Crippen LogP contribution in [0.25, 0.3) is 21.7 Å². The monoisotopic (exact) mass is 585 g/mol. The number of aromatic nitrogens is 3. The normalized spacial score (nSPS) is 13.3. The summed E-state index contributed by atoms with van der Waals surface area (Å²) in [6, 6.07) is 30.7.